The molecule has 0 spiro atoms. The van der Waals surface area contributed by atoms with Gasteiger partial charge in [-0.3, -0.25) is 9.97 Å². The van der Waals surface area contributed by atoms with Gasteiger partial charge in [-0.1, -0.05) is 14.9 Å². The van der Waals surface area contributed by atoms with Crippen molar-refractivity contribution in [2.24, 2.45) is 5.92 Å². The first-order valence-electron chi connectivity index (χ1n) is 7.40. The second-order valence-electron chi connectivity index (χ2n) is 5.22. The van der Waals surface area contributed by atoms with Gasteiger partial charge in [0.15, 0.2) is 0 Å². The van der Waals surface area contributed by atoms with Gasteiger partial charge < -0.3 is 15.5 Å². The molecule has 2 rings (SSSR count). The Balaban J connectivity index is 0. The average molecular weight is 313 g/mol. The Kier molecular flexibility index (Phi) is 14.4. The van der Waals surface area contributed by atoms with E-state index in [1.54, 1.807) is 12.4 Å². The van der Waals surface area contributed by atoms with Crippen LogP contribution >= 0.6 is 0 Å². The van der Waals surface area contributed by atoms with Gasteiger partial charge in [0, 0.05) is 38.1 Å². The Bertz CT molecular complexity index is 373. The van der Waals surface area contributed by atoms with Crippen molar-refractivity contribution in [1.29, 1.82) is 0 Å². The van der Waals surface area contributed by atoms with Crippen molar-refractivity contribution >= 4 is 0 Å². The summed E-state index contributed by atoms with van der Waals surface area (Å²) in [6, 6.07) is 0.612. The maximum absolute atomic E-state index is 8.71. The Morgan fingerprint density at radius 3 is 2.41 bits per heavy atom. The van der Waals surface area contributed by atoms with E-state index in [0.717, 1.165) is 24.4 Å². The second kappa shape index (κ2) is 13.6. The van der Waals surface area contributed by atoms with E-state index in [1.165, 1.54) is 12.8 Å². The zero-order valence-corrected chi connectivity index (χ0v) is 12.5. The molecule has 130 valence electrons. The Morgan fingerprint density at radius 2 is 1.86 bits per heavy atom. The van der Waals surface area contributed by atoms with Crippen LogP contribution in [-0.4, -0.2) is 46.0 Å². The molecule has 1 fully saturated rings. The topological polar surface area (TPSA) is 78.3 Å². The highest BCUT2D eigenvalue weighted by Gasteiger charge is 2.19. The lowest BCUT2D eigenvalue weighted by Crippen LogP contribution is -2.39. The van der Waals surface area contributed by atoms with Crippen molar-refractivity contribution in [2.45, 2.75) is 60.4 Å². The van der Waals surface area contributed by atoms with Crippen molar-refractivity contribution in [3.8, 4) is 0 Å². The predicted molar refractivity (Wildman–Crippen MR) is 92.9 cm³/mol. The molecule has 0 bridgehead atoms. The number of hydrogen-bond donors (Lipinski definition) is 3. The lowest BCUT2D eigenvalue weighted by molar-refractivity contribution is 0.208. The molecule has 2 unspecified atom stereocenters. The van der Waals surface area contributed by atoms with Crippen LogP contribution < -0.4 is 5.32 Å². The number of hydrogen-bond acceptors (Lipinski definition) is 5. The molecule has 5 heteroatoms. The molecule has 0 aromatic carbocycles. The van der Waals surface area contributed by atoms with Crippen LogP contribution in [0.2, 0.25) is 0 Å². The number of piperidine rings is 1. The molecule has 5 nitrogen and oxygen atoms in total. The third-order valence-electron chi connectivity index (χ3n) is 3.76. The minimum atomic E-state index is 0. The van der Waals surface area contributed by atoms with Gasteiger partial charge in [-0.2, -0.15) is 0 Å². The van der Waals surface area contributed by atoms with Crippen LogP contribution in [0, 0.1) is 12.8 Å². The fourth-order valence-electron chi connectivity index (χ4n) is 2.46. The van der Waals surface area contributed by atoms with Crippen molar-refractivity contribution in [2.75, 3.05) is 19.8 Å². The molecule has 1 saturated heterocycles. The number of aliphatic hydroxyl groups is 2. The average Bonchev–Trinajstić information content (AvgIpc) is 2.45. The molecule has 1 aromatic rings. The summed E-state index contributed by atoms with van der Waals surface area (Å²) < 4.78 is 0. The van der Waals surface area contributed by atoms with E-state index in [0.29, 0.717) is 25.0 Å². The Morgan fingerprint density at radius 1 is 1.18 bits per heavy atom. The zero-order chi connectivity index (χ0) is 14.8. The summed E-state index contributed by atoms with van der Waals surface area (Å²) in [7, 11) is 0. The third kappa shape index (κ3) is 8.41. The molecule has 1 aliphatic heterocycles. The number of aliphatic hydroxyl groups excluding tert-OH is 2. The van der Waals surface area contributed by atoms with Crippen LogP contribution in [0.3, 0.4) is 0 Å². The van der Waals surface area contributed by atoms with Gasteiger partial charge in [0.25, 0.3) is 0 Å². The van der Waals surface area contributed by atoms with Crippen molar-refractivity contribution in [1.82, 2.24) is 15.3 Å². The molecule has 0 saturated carbocycles. The van der Waals surface area contributed by atoms with Gasteiger partial charge in [-0.15, -0.1) is 0 Å². The Labute approximate surface area is 136 Å². The van der Waals surface area contributed by atoms with Crippen LogP contribution in [0.25, 0.3) is 0 Å². The monoisotopic (exact) mass is 313 g/mol. The van der Waals surface area contributed by atoms with Crippen LogP contribution in [0.15, 0.2) is 12.4 Å². The van der Waals surface area contributed by atoms with Gasteiger partial charge >= 0.3 is 0 Å². The van der Waals surface area contributed by atoms with Gasteiger partial charge in [-0.25, -0.2) is 0 Å². The van der Waals surface area contributed by atoms with Crippen LogP contribution in [-0.2, 0) is 6.42 Å². The van der Waals surface area contributed by atoms with Crippen LogP contribution in [0.4, 0.5) is 0 Å². The third-order valence-corrected chi connectivity index (χ3v) is 3.76. The van der Waals surface area contributed by atoms with Crippen molar-refractivity contribution in [3.05, 3.63) is 23.8 Å². The van der Waals surface area contributed by atoms with Gasteiger partial charge in [0.05, 0.1) is 11.4 Å². The highest BCUT2D eigenvalue weighted by atomic mass is 16.3. The standard InChI is InChI=1S/C8H17NO.C7H10N2O.2CH4/c1-7-8(4-6-10)3-2-5-9-7;1-6-7(2-5-10)9-4-3-8-6;;/h7-10H,2-6H2,1H3;3-4,10H,2,5H2,1H3;2*1H4. The van der Waals surface area contributed by atoms with Gasteiger partial charge in [-0.05, 0) is 45.6 Å². The SMILES string of the molecule is C.C.CC1NCCCC1CCO.Cc1nccnc1CCO. The minimum absolute atomic E-state index is 0. The molecule has 2 atom stereocenters. The first-order chi connectivity index (χ1) is 9.69. The van der Waals surface area contributed by atoms with Gasteiger partial charge in [0.1, 0.15) is 0 Å². The zero-order valence-electron chi connectivity index (χ0n) is 12.5. The predicted octanol–water partition coefficient (Wildman–Crippen LogP) is 2.35. The van der Waals surface area contributed by atoms with Crippen LogP contribution in [0.1, 0.15) is 52.4 Å². The molecule has 1 aromatic heterocycles. The van der Waals surface area contributed by atoms with Crippen LogP contribution in [0.5, 0.6) is 0 Å². The van der Waals surface area contributed by atoms with Crippen molar-refractivity contribution in [3.63, 3.8) is 0 Å². The smallest absolute Gasteiger partial charge is 0.0638 e. The molecule has 1 aliphatic rings. The lowest BCUT2D eigenvalue weighted by atomic mass is 9.89. The first kappa shape index (κ1) is 23.2. The normalized spacial score (nSPS) is 20.0. The fraction of sp³-hybridized carbons (Fsp3) is 0.765. The van der Waals surface area contributed by atoms with Crippen molar-refractivity contribution < 1.29 is 10.2 Å². The quantitative estimate of drug-likeness (QED) is 0.795. The van der Waals surface area contributed by atoms with E-state index < -0.39 is 0 Å². The summed E-state index contributed by atoms with van der Waals surface area (Å²) >= 11 is 0. The lowest BCUT2D eigenvalue weighted by Gasteiger charge is -2.29. The number of nitrogens with zero attached hydrogens (tertiary/aromatic N) is 2. The fourth-order valence-corrected chi connectivity index (χ4v) is 2.46. The summed E-state index contributed by atoms with van der Waals surface area (Å²) in [4.78, 5) is 8.07. The summed E-state index contributed by atoms with van der Waals surface area (Å²) in [6.07, 6.45) is 7.41. The number of aromatic nitrogens is 2. The van der Waals surface area contributed by atoms with E-state index >= 15 is 0 Å². The summed E-state index contributed by atoms with van der Waals surface area (Å²) in [6.45, 7) is 5.73. The summed E-state index contributed by atoms with van der Waals surface area (Å²) in [5, 5.41) is 20.7. The minimum Gasteiger partial charge on any atom is -0.396 e. The largest absolute Gasteiger partial charge is 0.396 e. The molecular formula is C17H35N3O2. The molecule has 3 N–H and O–H groups in total. The van der Waals surface area contributed by atoms with E-state index in [9.17, 15) is 0 Å². The number of nitrogens with one attached hydrogen (secondary N) is 1. The maximum atomic E-state index is 8.71. The van der Waals surface area contributed by atoms with Gasteiger partial charge in [0.2, 0.25) is 0 Å². The van der Waals surface area contributed by atoms with E-state index in [2.05, 4.69) is 22.2 Å². The number of aryl methyl sites for hydroxylation is 1. The number of rotatable bonds is 4. The highest BCUT2D eigenvalue weighted by molar-refractivity contribution is 5.07. The summed E-state index contributed by atoms with van der Waals surface area (Å²) in [5.41, 5.74) is 1.78. The maximum Gasteiger partial charge on any atom is 0.0638 e. The highest BCUT2D eigenvalue weighted by Crippen LogP contribution is 2.18. The van der Waals surface area contributed by atoms with E-state index in [4.69, 9.17) is 10.2 Å². The van der Waals surface area contributed by atoms with E-state index in [1.807, 2.05) is 6.92 Å². The molecule has 22 heavy (non-hydrogen) atoms. The molecular weight excluding hydrogens is 278 g/mol. The molecule has 0 radical (unpaired) electrons. The molecule has 0 amide bonds. The molecule has 0 aliphatic carbocycles. The second-order valence-corrected chi connectivity index (χ2v) is 5.22. The van der Waals surface area contributed by atoms with E-state index in [-0.39, 0.29) is 21.5 Å². The Hall–Kier alpha value is -1.04. The first-order valence-corrected chi connectivity index (χ1v) is 7.40. The summed E-state index contributed by atoms with van der Waals surface area (Å²) in [5.74, 6) is 0.707. The molecule has 2 heterocycles.